The number of nitrogens with two attached hydrogens (primary N) is 1. The molecule has 1 aromatic heterocycles. The van der Waals surface area contributed by atoms with Crippen molar-refractivity contribution in [3.8, 4) is 67.0 Å². The number of benzene rings is 6. The highest BCUT2D eigenvalue weighted by molar-refractivity contribution is 5.81. The first-order chi connectivity index (χ1) is 21.6. The normalized spacial score (nSPS) is 10.9. The van der Waals surface area contributed by atoms with Gasteiger partial charge in [0, 0.05) is 16.8 Å². The Balaban J connectivity index is 1.35. The number of nitrogens with zero attached hydrogens (tertiary/aromatic N) is 1. The molecule has 1 heterocycles. The molecular weight excluding hydrogens is 532 g/mol. The number of aromatic nitrogens is 1. The SMILES string of the molecule is Cc1cccc(-c2cccc(-c3cc(-c4ccc(-c5ccccc5)cc4)cc(-c4cccc(-c5cccc(N)c5)c4)n3)c2)c1. The van der Waals surface area contributed by atoms with Crippen LogP contribution in [0.1, 0.15) is 5.56 Å². The minimum Gasteiger partial charge on any atom is -0.399 e. The minimum atomic E-state index is 0.753. The lowest BCUT2D eigenvalue weighted by Crippen LogP contribution is -1.92. The summed E-state index contributed by atoms with van der Waals surface area (Å²) in [6.07, 6.45) is 0. The van der Waals surface area contributed by atoms with Crippen molar-refractivity contribution in [2.45, 2.75) is 6.92 Å². The molecule has 0 radical (unpaired) electrons. The summed E-state index contributed by atoms with van der Waals surface area (Å²) in [5.74, 6) is 0. The van der Waals surface area contributed by atoms with Gasteiger partial charge in [0.15, 0.2) is 0 Å². The average molecular weight is 565 g/mol. The van der Waals surface area contributed by atoms with Crippen molar-refractivity contribution < 1.29 is 0 Å². The van der Waals surface area contributed by atoms with E-state index in [9.17, 15) is 0 Å². The molecule has 0 aliphatic heterocycles. The number of rotatable bonds is 6. The molecule has 0 aliphatic carbocycles. The molecule has 0 fully saturated rings. The van der Waals surface area contributed by atoms with Crippen molar-refractivity contribution in [3.63, 3.8) is 0 Å². The van der Waals surface area contributed by atoms with Gasteiger partial charge in [-0.15, -0.1) is 0 Å². The van der Waals surface area contributed by atoms with Crippen LogP contribution in [0.25, 0.3) is 67.0 Å². The first kappa shape index (κ1) is 27.1. The Morgan fingerprint density at radius 2 is 0.773 bits per heavy atom. The zero-order valence-electron chi connectivity index (χ0n) is 24.6. The van der Waals surface area contributed by atoms with Crippen molar-refractivity contribution >= 4 is 5.69 Å². The Bertz CT molecular complexity index is 1970. The molecule has 7 rings (SSSR count). The molecule has 0 atom stereocenters. The third kappa shape index (κ3) is 5.79. The Labute approximate surface area is 259 Å². The maximum absolute atomic E-state index is 6.11. The molecule has 0 saturated carbocycles. The lowest BCUT2D eigenvalue weighted by Gasteiger charge is -2.13. The van der Waals surface area contributed by atoms with Gasteiger partial charge in [-0.3, -0.25) is 0 Å². The third-order valence-corrected chi connectivity index (χ3v) is 8.04. The van der Waals surface area contributed by atoms with Crippen molar-refractivity contribution in [1.82, 2.24) is 4.98 Å². The Hall–Kier alpha value is -5.73. The van der Waals surface area contributed by atoms with Crippen LogP contribution in [-0.2, 0) is 0 Å². The van der Waals surface area contributed by atoms with Crippen LogP contribution in [0.15, 0.2) is 164 Å². The molecule has 2 heteroatoms. The topological polar surface area (TPSA) is 38.9 Å². The molecule has 6 aromatic carbocycles. The van der Waals surface area contributed by atoms with Gasteiger partial charge in [-0.2, -0.15) is 0 Å². The highest BCUT2D eigenvalue weighted by Crippen LogP contribution is 2.34. The summed E-state index contributed by atoms with van der Waals surface area (Å²) in [4.78, 5) is 5.24. The van der Waals surface area contributed by atoms with Gasteiger partial charge in [-0.25, -0.2) is 4.98 Å². The molecule has 2 N–H and O–H groups in total. The maximum atomic E-state index is 6.11. The van der Waals surface area contributed by atoms with Gasteiger partial charge in [0.05, 0.1) is 11.4 Å². The summed E-state index contributed by atoms with van der Waals surface area (Å²) in [6, 6.07) is 57.6. The molecule has 210 valence electrons. The van der Waals surface area contributed by atoms with Crippen LogP contribution in [0.3, 0.4) is 0 Å². The summed E-state index contributed by atoms with van der Waals surface area (Å²) in [5, 5.41) is 0. The Morgan fingerprint density at radius 3 is 1.34 bits per heavy atom. The van der Waals surface area contributed by atoms with Crippen LogP contribution in [0.2, 0.25) is 0 Å². The van der Waals surface area contributed by atoms with Gasteiger partial charge in [0.25, 0.3) is 0 Å². The van der Waals surface area contributed by atoms with Crippen LogP contribution in [0, 0.1) is 6.92 Å². The van der Waals surface area contributed by atoms with E-state index in [1.54, 1.807) is 0 Å². The minimum absolute atomic E-state index is 0.753. The molecule has 0 saturated heterocycles. The van der Waals surface area contributed by atoms with E-state index < -0.39 is 0 Å². The van der Waals surface area contributed by atoms with Crippen LogP contribution in [0.5, 0.6) is 0 Å². The fraction of sp³-hybridized carbons (Fsp3) is 0.0238. The average Bonchev–Trinajstić information content (AvgIpc) is 3.09. The van der Waals surface area contributed by atoms with E-state index in [2.05, 4.69) is 146 Å². The lowest BCUT2D eigenvalue weighted by molar-refractivity contribution is 1.32. The van der Waals surface area contributed by atoms with E-state index in [0.717, 1.165) is 50.5 Å². The quantitative estimate of drug-likeness (QED) is 0.204. The van der Waals surface area contributed by atoms with Gasteiger partial charge in [-0.05, 0) is 87.8 Å². The van der Waals surface area contributed by atoms with Crippen LogP contribution < -0.4 is 5.73 Å². The fourth-order valence-corrected chi connectivity index (χ4v) is 5.74. The van der Waals surface area contributed by atoms with E-state index in [0.29, 0.717) is 0 Å². The number of aryl methyl sites for hydroxylation is 1. The number of anilines is 1. The lowest BCUT2D eigenvalue weighted by atomic mass is 9.95. The predicted molar refractivity (Wildman–Crippen MR) is 186 cm³/mol. The second kappa shape index (κ2) is 11.9. The second-order valence-corrected chi connectivity index (χ2v) is 11.2. The molecular formula is C42H32N2. The molecule has 0 spiro atoms. The van der Waals surface area contributed by atoms with E-state index in [1.807, 2.05) is 24.3 Å². The van der Waals surface area contributed by atoms with Crippen LogP contribution in [0.4, 0.5) is 5.69 Å². The molecule has 0 unspecified atom stereocenters. The van der Waals surface area contributed by atoms with Crippen molar-refractivity contribution in [2.24, 2.45) is 0 Å². The molecule has 0 bridgehead atoms. The molecule has 7 aromatic rings. The zero-order chi connectivity index (χ0) is 29.9. The number of nitrogen functional groups attached to an aromatic ring is 1. The highest BCUT2D eigenvalue weighted by Gasteiger charge is 2.12. The Kier molecular flexibility index (Phi) is 7.32. The standard InChI is InChI=1S/C42H32N2/c1-29-9-5-12-33(23-29)34-13-6-16-37(24-34)41-27-39(32-21-19-31(20-22-32)30-10-3-2-4-11-30)28-42(44-41)38-17-7-14-35(25-38)36-15-8-18-40(43)26-36/h2-28H,43H2,1H3. The summed E-state index contributed by atoms with van der Waals surface area (Å²) < 4.78 is 0. The maximum Gasteiger partial charge on any atom is 0.0715 e. The summed E-state index contributed by atoms with van der Waals surface area (Å²) in [6.45, 7) is 2.13. The summed E-state index contributed by atoms with van der Waals surface area (Å²) >= 11 is 0. The monoisotopic (exact) mass is 564 g/mol. The third-order valence-electron chi connectivity index (χ3n) is 8.04. The van der Waals surface area contributed by atoms with Gasteiger partial charge in [0.1, 0.15) is 0 Å². The van der Waals surface area contributed by atoms with E-state index >= 15 is 0 Å². The first-order valence-corrected chi connectivity index (χ1v) is 14.9. The van der Waals surface area contributed by atoms with Gasteiger partial charge in [-0.1, -0.05) is 133 Å². The van der Waals surface area contributed by atoms with E-state index in [-0.39, 0.29) is 0 Å². The van der Waals surface area contributed by atoms with Crippen LogP contribution >= 0.6 is 0 Å². The zero-order valence-corrected chi connectivity index (χ0v) is 24.6. The van der Waals surface area contributed by atoms with Gasteiger partial charge in [0.2, 0.25) is 0 Å². The highest BCUT2D eigenvalue weighted by atomic mass is 14.7. The van der Waals surface area contributed by atoms with E-state index in [1.165, 1.54) is 27.8 Å². The second-order valence-electron chi connectivity index (χ2n) is 11.2. The first-order valence-electron chi connectivity index (χ1n) is 14.9. The van der Waals surface area contributed by atoms with Crippen molar-refractivity contribution in [2.75, 3.05) is 5.73 Å². The molecule has 0 aliphatic rings. The molecule has 0 amide bonds. The van der Waals surface area contributed by atoms with Gasteiger partial charge < -0.3 is 5.73 Å². The predicted octanol–water partition coefficient (Wildman–Crippen LogP) is 11.0. The van der Waals surface area contributed by atoms with Crippen molar-refractivity contribution in [3.05, 3.63) is 169 Å². The number of hydrogen-bond donors (Lipinski definition) is 1. The van der Waals surface area contributed by atoms with Crippen molar-refractivity contribution in [1.29, 1.82) is 0 Å². The van der Waals surface area contributed by atoms with Crippen LogP contribution in [-0.4, -0.2) is 4.98 Å². The van der Waals surface area contributed by atoms with Gasteiger partial charge >= 0.3 is 0 Å². The fourth-order valence-electron chi connectivity index (χ4n) is 5.74. The molecule has 2 nitrogen and oxygen atoms in total. The smallest absolute Gasteiger partial charge is 0.0715 e. The summed E-state index contributed by atoms with van der Waals surface area (Å²) in [5.41, 5.74) is 21.4. The Morgan fingerprint density at radius 1 is 0.341 bits per heavy atom. The van der Waals surface area contributed by atoms with E-state index in [4.69, 9.17) is 10.7 Å². The number of hydrogen-bond acceptors (Lipinski definition) is 2. The number of pyridine rings is 1. The largest absolute Gasteiger partial charge is 0.399 e. The molecule has 44 heavy (non-hydrogen) atoms. The summed E-state index contributed by atoms with van der Waals surface area (Å²) in [7, 11) is 0.